The van der Waals surface area contributed by atoms with Crippen LogP contribution >= 0.6 is 0 Å². The van der Waals surface area contributed by atoms with E-state index in [1.54, 1.807) is 0 Å². The summed E-state index contributed by atoms with van der Waals surface area (Å²) in [5.74, 6) is 0.988. The van der Waals surface area contributed by atoms with Crippen LogP contribution < -0.4 is 15.8 Å². The molecule has 1 amide bonds. The predicted molar refractivity (Wildman–Crippen MR) is 78.4 cm³/mol. The van der Waals surface area contributed by atoms with E-state index in [0.717, 1.165) is 32.1 Å². The molecule has 1 aliphatic rings. The number of rotatable bonds is 7. The second-order valence-corrected chi connectivity index (χ2v) is 5.35. The minimum atomic E-state index is -0.457. The topological polar surface area (TPSA) is 67.6 Å². The van der Waals surface area contributed by atoms with E-state index in [1.165, 1.54) is 12.0 Å². The van der Waals surface area contributed by atoms with Gasteiger partial charge in [0.05, 0.1) is 0 Å². The molecule has 1 saturated heterocycles. The van der Waals surface area contributed by atoms with Crippen molar-refractivity contribution < 1.29 is 9.53 Å². The lowest BCUT2D eigenvalue weighted by molar-refractivity contribution is -0.119. The summed E-state index contributed by atoms with van der Waals surface area (Å²) in [4.78, 5) is 13.1. The first-order valence-electron chi connectivity index (χ1n) is 7.04. The normalized spacial score (nSPS) is 19.1. The molecule has 0 aliphatic carbocycles. The van der Waals surface area contributed by atoms with E-state index in [4.69, 9.17) is 10.5 Å². The fraction of sp³-hybridized carbons (Fsp3) is 0.533. The molecule has 1 unspecified atom stereocenters. The van der Waals surface area contributed by atoms with Crippen LogP contribution in [0, 0.1) is 5.92 Å². The highest BCUT2D eigenvalue weighted by atomic mass is 16.5. The van der Waals surface area contributed by atoms with E-state index in [2.05, 4.69) is 10.2 Å². The van der Waals surface area contributed by atoms with Gasteiger partial charge in [0.15, 0.2) is 6.61 Å². The highest BCUT2D eigenvalue weighted by Gasteiger charge is 2.21. The van der Waals surface area contributed by atoms with Gasteiger partial charge in [-0.25, -0.2) is 0 Å². The van der Waals surface area contributed by atoms with E-state index in [0.29, 0.717) is 5.75 Å². The van der Waals surface area contributed by atoms with Gasteiger partial charge in [0, 0.05) is 13.1 Å². The minimum absolute atomic E-state index is 0.0723. The first-order valence-corrected chi connectivity index (χ1v) is 7.04. The summed E-state index contributed by atoms with van der Waals surface area (Å²) < 4.78 is 5.24. The van der Waals surface area contributed by atoms with Gasteiger partial charge in [0.25, 0.3) is 5.91 Å². The standard InChI is InChI=1S/C15H23N3O2/c1-17-8-13-6-7-18(10-13)9-12-2-4-14(5-3-12)20-11-15(16)19/h2-5,13,17H,6-11H2,1H3,(H2,16,19). The lowest BCUT2D eigenvalue weighted by atomic mass is 10.1. The third-order valence-electron chi connectivity index (χ3n) is 3.57. The van der Waals surface area contributed by atoms with Gasteiger partial charge in [-0.05, 0) is 50.2 Å². The monoisotopic (exact) mass is 277 g/mol. The molecule has 1 heterocycles. The number of benzene rings is 1. The van der Waals surface area contributed by atoms with Gasteiger partial charge < -0.3 is 15.8 Å². The van der Waals surface area contributed by atoms with Gasteiger partial charge >= 0.3 is 0 Å². The number of amides is 1. The van der Waals surface area contributed by atoms with Crippen LogP contribution in [0.3, 0.4) is 0 Å². The lowest BCUT2D eigenvalue weighted by Gasteiger charge is -2.16. The van der Waals surface area contributed by atoms with Crippen LogP contribution in [-0.4, -0.2) is 44.1 Å². The summed E-state index contributed by atoms with van der Waals surface area (Å²) in [5, 5.41) is 3.24. The molecule has 0 saturated carbocycles. The smallest absolute Gasteiger partial charge is 0.255 e. The Kier molecular flexibility index (Phi) is 5.38. The molecule has 1 aliphatic heterocycles. The molecule has 5 heteroatoms. The zero-order chi connectivity index (χ0) is 14.4. The summed E-state index contributed by atoms with van der Waals surface area (Å²) in [7, 11) is 2.01. The average molecular weight is 277 g/mol. The average Bonchev–Trinajstić information content (AvgIpc) is 2.86. The maximum atomic E-state index is 10.6. The summed E-state index contributed by atoms with van der Waals surface area (Å²) in [6.45, 7) is 4.30. The molecule has 0 spiro atoms. The molecule has 5 nitrogen and oxygen atoms in total. The zero-order valence-corrected chi connectivity index (χ0v) is 12.0. The summed E-state index contributed by atoms with van der Waals surface area (Å²) in [6, 6.07) is 7.86. The van der Waals surface area contributed by atoms with Gasteiger partial charge in [-0.2, -0.15) is 0 Å². The van der Waals surface area contributed by atoms with Crippen molar-refractivity contribution in [2.75, 3.05) is 33.3 Å². The summed E-state index contributed by atoms with van der Waals surface area (Å²) in [6.07, 6.45) is 1.26. The maximum Gasteiger partial charge on any atom is 0.255 e. The third kappa shape index (κ3) is 4.51. The van der Waals surface area contributed by atoms with Crippen LogP contribution in [0.2, 0.25) is 0 Å². The lowest BCUT2D eigenvalue weighted by Crippen LogP contribution is -2.24. The first kappa shape index (κ1) is 14.8. The largest absolute Gasteiger partial charge is 0.484 e. The highest BCUT2D eigenvalue weighted by molar-refractivity contribution is 5.75. The number of primary amides is 1. The predicted octanol–water partition coefficient (Wildman–Crippen LogP) is 0.592. The van der Waals surface area contributed by atoms with Crippen LogP contribution in [-0.2, 0) is 11.3 Å². The first-order chi connectivity index (χ1) is 9.67. The van der Waals surface area contributed by atoms with E-state index >= 15 is 0 Å². The van der Waals surface area contributed by atoms with Crippen LogP contribution in [0.1, 0.15) is 12.0 Å². The van der Waals surface area contributed by atoms with Crippen molar-refractivity contribution in [2.45, 2.75) is 13.0 Å². The number of ether oxygens (including phenoxy) is 1. The molecule has 2 rings (SSSR count). The number of carbonyl (C=O) groups excluding carboxylic acids is 1. The van der Waals surface area contributed by atoms with Gasteiger partial charge in [0.1, 0.15) is 5.75 Å². The van der Waals surface area contributed by atoms with Gasteiger partial charge in [-0.15, -0.1) is 0 Å². The summed E-state index contributed by atoms with van der Waals surface area (Å²) in [5.41, 5.74) is 6.31. The number of likely N-dealkylation sites (tertiary alicyclic amines) is 1. The molecule has 1 aromatic carbocycles. The Morgan fingerprint density at radius 2 is 2.20 bits per heavy atom. The molecule has 20 heavy (non-hydrogen) atoms. The molecule has 0 bridgehead atoms. The van der Waals surface area contributed by atoms with Crippen molar-refractivity contribution in [3.63, 3.8) is 0 Å². The van der Waals surface area contributed by atoms with Crippen molar-refractivity contribution >= 4 is 5.91 Å². The Bertz CT molecular complexity index is 433. The zero-order valence-electron chi connectivity index (χ0n) is 12.0. The number of hydrogen-bond acceptors (Lipinski definition) is 4. The molecular formula is C15H23N3O2. The number of nitrogens with one attached hydrogen (secondary N) is 1. The van der Waals surface area contributed by atoms with Crippen molar-refractivity contribution in [1.82, 2.24) is 10.2 Å². The van der Waals surface area contributed by atoms with Gasteiger partial charge in [-0.3, -0.25) is 9.69 Å². The number of nitrogens with zero attached hydrogens (tertiary/aromatic N) is 1. The fourth-order valence-electron chi connectivity index (χ4n) is 2.62. The van der Waals surface area contributed by atoms with Crippen molar-refractivity contribution in [3.05, 3.63) is 29.8 Å². The Labute approximate surface area is 120 Å². The molecule has 0 aromatic heterocycles. The van der Waals surface area contributed by atoms with E-state index in [1.807, 2.05) is 31.3 Å². The van der Waals surface area contributed by atoms with Gasteiger partial charge in [-0.1, -0.05) is 12.1 Å². The Hall–Kier alpha value is -1.59. The molecular weight excluding hydrogens is 254 g/mol. The van der Waals surface area contributed by atoms with Gasteiger partial charge in [0.2, 0.25) is 0 Å². The Morgan fingerprint density at radius 1 is 1.45 bits per heavy atom. The Balaban J connectivity index is 1.80. The molecule has 1 fully saturated rings. The van der Waals surface area contributed by atoms with E-state index < -0.39 is 5.91 Å². The van der Waals surface area contributed by atoms with E-state index in [-0.39, 0.29) is 6.61 Å². The third-order valence-corrected chi connectivity index (χ3v) is 3.57. The highest BCUT2D eigenvalue weighted by Crippen LogP contribution is 2.19. The molecule has 110 valence electrons. The van der Waals surface area contributed by atoms with Crippen LogP contribution in [0.5, 0.6) is 5.75 Å². The van der Waals surface area contributed by atoms with Crippen LogP contribution in [0.15, 0.2) is 24.3 Å². The number of hydrogen-bond donors (Lipinski definition) is 2. The fourth-order valence-corrected chi connectivity index (χ4v) is 2.62. The van der Waals surface area contributed by atoms with Crippen molar-refractivity contribution in [1.29, 1.82) is 0 Å². The van der Waals surface area contributed by atoms with Crippen LogP contribution in [0.25, 0.3) is 0 Å². The SMILES string of the molecule is CNCC1CCN(Cc2ccc(OCC(N)=O)cc2)C1. The minimum Gasteiger partial charge on any atom is -0.484 e. The molecule has 1 atom stereocenters. The Morgan fingerprint density at radius 3 is 2.85 bits per heavy atom. The van der Waals surface area contributed by atoms with E-state index in [9.17, 15) is 4.79 Å². The molecule has 0 radical (unpaired) electrons. The maximum absolute atomic E-state index is 10.6. The molecule has 3 N–H and O–H groups in total. The van der Waals surface area contributed by atoms with Crippen molar-refractivity contribution in [3.8, 4) is 5.75 Å². The van der Waals surface area contributed by atoms with Crippen LogP contribution in [0.4, 0.5) is 0 Å². The number of nitrogens with two attached hydrogens (primary N) is 1. The number of carbonyl (C=O) groups is 1. The van der Waals surface area contributed by atoms with Crippen molar-refractivity contribution in [2.24, 2.45) is 11.7 Å². The summed E-state index contributed by atoms with van der Waals surface area (Å²) >= 11 is 0. The molecule has 1 aromatic rings. The quantitative estimate of drug-likeness (QED) is 0.765. The second kappa shape index (κ2) is 7.26. The second-order valence-electron chi connectivity index (χ2n) is 5.35.